The molecular weight excluding hydrogens is 329 g/mol. The Morgan fingerprint density at radius 1 is 1.26 bits per heavy atom. The smallest absolute Gasteiger partial charge is 0.124 e. The van der Waals surface area contributed by atoms with Crippen LogP contribution in [0.25, 0.3) is 0 Å². The van der Waals surface area contributed by atoms with Crippen LogP contribution in [0.1, 0.15) is 37.7 Å². The van der Waals surface area contributed by atoms with Crippen LogP contribution in [-0.4, -0.2) is 22.8 Å². The quantitative estimate of drug-likeness (QED) is 0.676. The lowest BCUT2D eigenvalue weighted by Gasteiger charge is -2.34. The summed E-state index contributed by atoms with van der Waals surface area (Å²) in [5, 5.41) is 1.50. The first kappa shape index (κ1) is 15.3. The molecule has 106 valence electrons. The monoisotopic (exact) mass is 347 g/mol. The molecule has 1 saturated carbocycles. The van der Waals surface area contributed by atoms with Gasteiger partial charge in [0.05, 0.1) is 0 Å². The summed E-state index contributed by atoms with van der Waals surface area (Å²) in [6, 6.07) is 5.35. The fourth-order valence-corrected chi connectivity index (χ4v) is 3.50. The largest absolute Gasteiger partial charge is 0.295 e. The van der Waals surface area contributed by atoms with E-state index in [-0.39, 0.29) is 5.82 Å². The molecule has 1 nitrogen and oxygen atoms in total. The van der Waals surface area contributed by atoms with E-state index in [0.717, 1.165) is 24.0 Å². The highest BCUT2D eigenvalue weighted by Gasteiger charge is 2.21. The average molecular weight is 349 g/mol. The van der Waals surface area contributed by atoms with E-state index in [9.17, 15) is 4.39 Å². The van der Waals surface area contributed by atoms with Crippen LogP contribution in [0.2, 0.25) is 5.02 Å². The Labute approximate surface area is 128 Å². The Kier molecular flexibility index (Phi) is 6.11. The van der Waals surface area contributed by atoms with Crippen molar-refractivity contribution in [3.05, 3.63) is 34.6 Å². The van der Waals surface area contributed by atoms with Gasteiger partial charge in [0.2, 0.25) is 0 Å². The van der Waals surface area contributed by atoms with Crippen molar-refractivity contribution in [3.8, 4) is 0 Å². The van der Waals surface area contributed by atoms with Crippen LogP contribution in [-0.2, 0) is 6.54 Å². The van der Waals surface area contributed by atoms with E-state index < -0.39 is 0 Å². The summed E-state index contributed by atoms with van der Waals surface area (Å²) in [5.74, 6) is -0.265. The van der Waals surface area contributed by atoms with Crippen molar-refractivity contribution in [3.63, 3.8) is 0 Å². The molecule has 1 aromatic carbocycles. The molecule has 0 spiro atoms. The van der Waals surface area contributed by atoms with Crippen LogP contribution in [0.3, 0.4) is 0 Å². The van der Waals surface area contributed by atoms with E-state index in [1.54, 1.807) is 0 Å². The van der Waals surface area contributed by atoms with Crippen LogP contribution >= 0.6 is 27.5 Å². The summed E-state index contributed by atoms with van der Waals surface area (Å²) in [6.07, 6.45) is 6.54. The number of benzene rings is 1. The summed E-state index contributed by atoms with van der Waals surface area (Å²) < 4.78 is 13.1. The lowest BCUT2D eigenvalue weighted by molar-refractivity contribution is 0.158. The second-order valence-corrected chi connectivity index (χ2v) is 6.39. The SMILES string of the molecule is Fc1ccc(CN(CCBr)C2CCCCC2)c(Cl)c1. The van der Waals surface area contributed by atoms with Gasteiger partial charge in [-0.15, -0.1) is 0 Å². The Morgan fingerprint density at radius 2 is 2.00 bits per heavy atom. The minimum Gasteiger partial charge on any atom is -0.295 e. The van der Waals surface area contributed by atoms with E-state index >= 15 is 0 Å². The standard InChI is InChI=1S/C15H20BrClFN/c16-8-9-19(14-4-2-1-3-5-14)11-12-6-7-13(18)10-15(12)17/h6-7,10,14H,1-5,8-9,11H2. The van der Waals surface area contributed by atoms with Crippen LogP contribution in [0.5, 0.6) is 0 Å². The summed E-state index contributed by atoms with van der Waals surface area (Å²) in [5.41, 5.74) is 1.02. The highest BCUT2D eigenvalue weighted by Crippen LogP contribution is 2.26. The van der Waals surface area contributed by atoms with Crippen molar-refractivity contribution >= 4 is 27.5 Å². The van der Waals surface area contributed by atoms with Gasteiger partial charge in [-0.1, -0.05) is 52.9 Å². The zero-order valence-electron chi connectivity index (χ0n) is 11.0. The molecule has 0 heterocycles. The van der Waals surface area contributed by atoms with Crippen LogP contribution in [0.4, 0.5) is 4.39 Å². The highest BCUT2D eigenvalue weighted by molar-refractivity contribution is 9.09. The van der Waals surface area contributed by atoms with Gasteiger partial charge in [-0.2, -0.15) is 0 Å². The Bertz CT molecular complexity index is 407. The first-order valence-electron chi connectivity index (χ1n) is 6.94. The topological polar surface area (TPSA) is 3.24 Å². The van der Waals surface area contributed by atoms with E-state index in [1.165, 1.54) is 44.2 Å². The van der Waals surface area contributed by atoms with E-state index in [2.05, 4.69) is 20.8 Å². The Hall–Kier alpha value is -0.120. The van der Waals surface area contributed by atoms with E-state index in [4.69, 9.17) is 11.6 Å². The molecule has 0 radical (unpaired) electrons. The van der Waals surface area contributed by atoms with Crippen LogP contribution < -0.4 is 0 Å². The minimum absolute atomic E-state index is 0.265. The van der Waals surface area contributed by atoms with Gasteiger partial charge in [0, 0.05) is 29.5 Å². The normalized spacial score (nSPS) is 17.1. The van der Waals surface area contributed by atoms with Crippen molar-refractivity contribution in [2.75, 3.05) is 11.9 Å². The van der Waals surface area contributed by atoms with Gasteiger partial charge in [-0.05, 0) is 30.5 Å². The molecule has 0 saturated heterocycles. The zero-order valence-corrected chi connectivity index (χ0v) is 13.4. The molecule has 1 aliphatic rings. The maximum atomic E-state index is 13.1. The van der Waals surface area contributed by atoms with Crippen molar-refractivity contribution < 1.29 is 4.39 Å². The molecule has 0 bridgehead atoms. The van der Waals surface area contributed by atoms with Crippen molar-refractivity contribution in [2.24, 2.45) is 0 Å². The van der Waals surface area contributed by atoms with Crippen molar-refractivity contribution in [1.82, 2.24) is 4.90 Å². The molecule has 0 N–H and O–H groups in total. The molecule has 1 aromatic rings. The molecular formula is C15H20BrClFN. The van der Waals surface area contributed by atoms with E-state index in [0.29, 0.717) is 11.1 Å². The predicted octanol–water partition coefficient (Wildman–Crippen LogP) is 5.01. The summed E-state index contributed by atoms with van der Waals surface area (Å²) >= 11 is 9.66. The van der Waals surface area contributed by atoms with Gasteiger partial charge in [0.25, 0.3) is 0 Å². The average Bonchev–Trinajstić information content (AvgIpc) is 2.42. The third-order valence-corrected chi connectivity index (χ3v) is 4.56. The molecule has 19 heavy (non-hydrogen) atoms. The van der Waals surface area contributed by atoms with Gasteiger partial charge in [0.15, 0.2) is 0 Å². The molecule has 0 atom stereocenters. The molecule has 1 aliphatic carbocycles. The fourth-order valence-electron chi connectivity index (χ4n) is 2.81. The van der Waals surface area contributed by atoms with Gasteiger partial charge >= 0.3 is 0 Å². The second kappa shape index (κ2) is 7.61. The number of nitrogens with zero attached hydrogens (tertiary/aromatic N) is 1. The number of alkyl halides is 1. The van der Waals surface area contributed by atoms with Crippen LogP contribution in [0, 0.1) is 5.82 Å². The maximum Gasteiger partial charge on any atom is 0.124 e. The Morgan fingerprint density at radius 3 is 2.63 bits per heavy atom. The minimum atomic E-state index is -0.265. The molecule has 0 aliphatic heterocycles. The first-order chi connectivity index (χ1) is 9.20. The zero-order chi connectivity index (χ0) is 13.7. The number of rotatable bonds is 5. The fraction of sp³-hybridized carbons (Fsp3) is 0.600. The van der Waals surface area contributed by atoms with Gasteiger partial charge in [0.1, 0.15) is 5.82 Å². The van der Waals surface area contributed by atoms with Crippen LogP contribution in [0.15, 0.2) is 18.2 Å². The van der Waals surface area contributed by atoms with Gasteiger partial charge in [-0.3, -0.25) is 4.90 Å². The summed E-state index contributed by atoms with van der Waals surface area (Å²) in [7, 11) is 0. The third kappa shape index (κ3) is 4.44. The first-order valence-corrected chi connectivity index (χ1v) is 8.44. The summed E-state index contributed by atoms with van der Waals surface area (Å²) in [6.45, 7) is 1.83. The van der Waals surface area contributed by atoms with Gasteiger partial charge in [-0.25, -0.2) is 4.39 Å². The number of hydrogen-bond donors (Lipinski definition) is 0. The third-order valence-electron chi connectivity index (χ3n) is 3.85. The van der Waals surface area contributed by atoms with E-state index in [1.807, 2.05) is 6.07 Å². The lowest BCUT2D eigenvalue weighted by Crippen LogP contribution is -2.37. The predicted molar refractivity (Wildman–Crippen MR) is 82.5 cm³/mol. The van der Waals surface area contributed by atoms with Crippen molar-refractivity contribution in [2.45, 2.75) is 44.7 Å². The molecule has 4 heteroatoms. The maximum absolute atomic E-state index is 13.1. The number of halogens is 3. The van der Waals surface area contributed by atoms with Gasteiger partial charge < -0.3 is 0 Å². The molecule has 1 fully saturated rings. The van der Waals surface area contributed by atoms with Crippen molar-refractivity contribution in [1.29, 1.82) is 0 Å². The Balaban J connectivity index is 2.06. The molecule has 0 unspecified atom stereocenters. The molecule has 2 rings (SSSR count). The molecule has 0 aromatic heterocycles. The molecule has 0 amide bonds. The number of hydrogen-bond acceptors (Lipinski definition) is 1. The highest BCUT2D eigenvalue weighted by atomic mass is 79.9. The second-order valence-electron chi connectivity index (χ2n) is 5.19. The lowest BCUT2D eigenvalue weighted by atomic mass is 9.94. The summed E-state index contributed by atoms with van der Waals surface area (Å²) in [4.78, 5) is 2.48.